The molecule has 58 heavy (non-hydrogen) atoms. The maximum absolute atomic E-state index is 10.2. The number of aromatic nitrogens is 2. The van der Waals surface area contributed by atoms with Gasteiger partial charge in [0.05, 0.1) is 63.3 Å². The molecule has 0 aliphatic rings. The number of furan rings is 1. The number of rotatable bonds is 6. The molecule has 0 fully saturated rings. The van der Waals surface area contributed by atoms with Crippen molar-refractivity contribution in [1.29, 1.82) is 0 Å². The molecular weight excluding hydrogens is 721 g/mol. The van der Waals surface area contributed by atoms with Gasteiger partial charge in [-0.2, -0.15) is 0 Å². The molecule has 3 aromatic heterocycles. The third-order valence-corrected chi connectivity index (χ3v) is 14.9. The second kappa shape index (κ2) is 12.8. The van der Waals surface area contributed by atoms with Gasteiger partial charge in [-0.25, -0.2) is 0 Å². The Balaban J connectivity index is 1.29. The average molecular weight is 779 g/mol. The van der Waals surface area contributed by atoms with Gasteiger partial charge in [-0.15, -0.1) is 0 Å². The molecule has 4 heteroatoms. The lowest BCUT2D eigenvalue weighted by Gasteiger charge is -2.34. The predicted molar refractivity (Wildman–Crippen MR) is 246 cm³/mol. The molecule has 0 bridgehead atoms. The quantitative estimate of drug-likeness (QED) is 0.122. The molecule has 0 aliphatic carbocycles. The highest BCUT2D eigenvalue weighted by Crippen LogP contribution is 2.45. The van der Waals surface area contributed by atoms with Crippen molar-refractivity contribution in [3.05, 3.63) is 218 Å². The third kappa shape index (κ3) is 4.61. The molecule has 12 aromatic rings. The van der Waals surface area contributed by atoms with Crippen LogP contribution in [0.15, 0.2) is 222 Å². The summed E-state index contributed by atoms with van der Waals surface area (Å²) in [7, 11) is -5.35. The fourth-order valence-corrected chi connectivity index (χ4v) is 12.2. The summed E-state index contributed by atoms with van der Waals surface area (Å²) < 4.78 is 213. The first-order chi connectivity index (χ1) is 37.9. The lowest BCUT2D eigenvalue weighted by atomic mass is 10.1. The lowest BCUT2D eigenvalue weighted by Crippen LogP contribution is -2.74. The van der Waals surface area contributed by atoms with Crippen molar-refractivity contribution in [2.24, 2.45) is 0 Å². The lowest BCUT2D eigenvalue weighted by molar-refractivity contribution is 0.666. The predicted octanol–water partition coefficient (Wildman–Crippen LogP) is 11.2. The Morgan fingerprint density at radius 3 is 1.64 bits per heavy atom. The van der Waals surface area contributed by atoms with E-state index in [1.165, 1.54) is 33.4 Å². The monoisotopic (exact) mass is 778 g/mol. The molecule has 3 nitrogen and oxygen atoms in total. The van der Waals surface area contributed by atoms with Gasteiger partial charge < -0.3 is 13.6 Å². The first kappa shape index (κ1) is 17.8. The van der Waals surface area contributed by atoms with Crippen LogP contribution >= 0.6 is 0 Å². The van der Waals surface area contributed by atoms with Crippen LogP contribution in [-0.4, -0.2) is 17.2 Å². The fraction of sp³-hybridized carbons (Fsp3) is 0. The molecule has 9 aromatic carbocycles. The topological polar surface area (TPSA) is 23.0 Å². The Morgan fingerprint density at radius 2 is 0.966 bits per heavy atom. The highest BCUT2D eigenvalue weighted by molar-refractivity contribution is 7.19. The van der Waals surface area contributed by atoms with Crippen LogP contribution in [0.3, 0.4) is 0 Å². The zero-order valence-corrected chi connectivity index (χ0v) is 30.9. The van der Waals surface area contributed by atoms with E-state index in [9.17, 15) is 13.7 Å². The molecule has 0 radical (unpaired) electrons. The van der Waals surface area contributed by atoms with Crippen molar-refractivity contribution in [1.82, 2.24) is 9.13 Å². The number of para-hydroxylation sites is 4. The molecule has 12 rings (SSSR count). The highest BCUT2D eigenvalue weighted by atomic mass is 28.3. The van der Waals surface area contributed by atoms with Gasteiger partial charge in [0.15, 0.2) is 13.7 Å². The average Bonchev–Trinajstić information content (AvgIpc) is 4.24. The van der Waals surface area contributed by atoms with Crippen LogP contribution in [0.25, 0.3) is 76.9 Å². The Bertz CT molecular complexity index is 4590. The van der Waals surface area contributed by atoms with Gasteiger partial charge >= 0.3 is 0 Å². The number of nitrogens with zero attached hydrogens (tertiary/aromatic N) is 2. The van der Waals surface area contributed by atoms with Gasteiger partial charge in [0.2, 0.25) is 0 Å². The van der Waals surface area contributed by atoms with Crippen LogP contribution in [0.4, 0.5) is 0 Å². The standard InChI is InChI=1S/C54H36N2OSi/c1-4-18-38(19-5-1)58(39-20-6-2-7-21-39,40-22-8-3-9-23-40)41-34-32-37(33-35-41)55-47-28-14-12-26-44(47)46-36-50(54-52(53(46)55)45-27-13-17-31-51(45)57-54)56-48-29-15-10-24-42(48)43-25-11-16-30-49(43)56/h1-36H/i1D,2D,4D,5D,6D,7D,10D,11D,15D,16D,18D,19D,20D,21D,24D,25D,29D,30D,32D,33D,34D,35D. The molecule has 0 amide bonds. The van der Waals surface area contributed by atoms with E-state index >= 15 is 0 Å². The molecule has 0 N–H and O–H groups in total. The summed E-state index contributed by atoms with van der Waals surface area (Å²) >= 11 is 0. The van der Waals surface area contributed by atoms with E-state index in [0.717, 1.165) is 0 Å². The first-order valence-corrected chi connectivity index (χ1v) is 20.1. The van der Waals surface area contributed by atoms with Crippen molar-refractivity contribution in [3.63, 3.8) is 0 Å². The molecule has 0 atom stereocenters. The third-order valence-electron chi connectivity index (χ3n) is 10.7. The largest absolute Gasteiger partial charge is 0.454 e. The van der Waals surface area contributed by atoms with Gasteiger partial charge in [0.25, 0.3) is 0 Å². The second-order valence-electron chi connectivity index (χ2n) is 13.6. The van der Waals surface area contributed by atoms with Crippen LogP contribution in [0.1, 0.15) is 30.2 Å². The summed E-state index contributed by atoms with van der Waals surface area (Å²) in [6, 6.07) is 6.02. The molecule has 3 heterocycles. The minimum atomic E-state index is -5.35. The molecule has 0 saturated heterocycles. The highest BCUT2D eigenvalue weighted by Gasteiger charge is 2.41. The van der Waals surface area contributed by atoms with E-state index in [2.05, 4.69) is 0 Å². The Morgan fingerprint density at radius 1 is 0.414 bits per heavy atom. The van der Waals surface area contributed by atoms with Gasteiger partial charge in [-0.05, 0) is 63.1 Å². The minimum Gasteiger partial charge on any atom is -0.454 e. The van der Waals surface area contributed by atoms with Crippen LogP contribution in [0, 0.1) is 0 Å². The maximum Gasteiger partial charge on any atom is 0.179 e. The summed E-state index contributed by atoms with van der Waals surface area (Å²) in [4.78, 5) is 0. The number of benzene rings is 9. The van der Waals surface area contributed by atoms with Crippen LogP contribution in [0.5, 0.6) is 0 Å². The van der Waals surface area contributed by atoms with Gasteiger partial charge in [0, 0.05) is 32.6 Å². The van der Waals surface area contributed by atoms with Crippen molar-refractivity contribution in [3.8, 4) is 11.4 Å². The molecule has 272 valence electrons. The zero-order valence-electron chi connectivity index (χ0n) is 51.9. The van der Waals surface area contributed by atoms with Gasteiger partial charge in [-0.1, -0.05) is 175 Å². The summed E-state index contributed by atoms with van der Waals surface area (Å²) in [5, 5.41) is -0.683. The van der Waals surface area contributed by atoms with E-state index in [1.807, 2.05) is 0 Å². The van der Waals surface area contributed by atoms with E-state index < -0.39 is 157 Å². The zero-order chi connectivity index (χ0) is 57.4. The first-order valence-electron chi connectivity index (χ1n) is 29.1. The Hall–Kier alpha value is -7.40. The molecule has 0 spiro atoms. The molecule has 0 unspecified atom stereocenters. The minimum absolute atomic E-state index is 0.00126. The SMILES string of the molecule is [2H]c1c([2H])c([2H])c([Si](c2ccccc2)(c2c([2H])c([2H])c([2H])c([2H])c2[2H])c2c([2H])c([2H])c(-n3c4ccccc4c4cc(-n5c6c([2H])c([2H])c([2H])c([2H])c6c6c([2H])c([2H])c([2H])c([2H])c65)c5oc6ccccc6c5c43)c([2H])c2[2H])c([2H])c1[2H]. The fourth-order valence-electron chi connectivity index (χ4n) is 8.36. The summed E-state index contributed by atoms with van der Waals surface area (Å²) in [6.07, 6.45) is 0. The van der Waals surface area contributed by atoms with Crippen molar-refractivity contribution < 1.29 is 34.6 Å². The van der Waals surface area contributed by atoms with Crippen LogP contribution in [0.2, 0.25) is 0 Å². The van der Waals surface area contributed by atoms with Crippen molar-refractivity contribution in [2.75, 3.05) is 0 Å². The van der Waals surface area contributed by atoms with Crippen LogP contribution < -0.4 is 20.7 Å². The smallest absolute Gasteiger partial charge is 0.179 e. The van der Waals surface area contributed by atoms with Gasteiger partial charge in [-0.3, -0.25) is 0 Å². The van der Waals surface area contributed by atoms with Gasteiger partial charge in [0.1, 0.15) is 5.58 Å². The number of hydrogen-bond acceptors (Lipinski definition) is 1. The van der Waals surface area contributed by atoms with E-state index in [4.69, 9.17) is 20.9 Å². The maximum atomic E-state index is 10.2. The second-order valence-corrected chi connectivity index (χ2v) is 17.1. The van der Waals surface area contributed by atoms with Crippen LogP contribution in [-0.2, 0) is 0 Å². The van der Waals surface area contributed by atoms with Crippen molar-refractivity contribution in [2.45, 2.75) is 0 Å². The Labute approximate surface area is 367 Å². The molecule has 0 saturated carbocycles. The number of hydrogen-bond donors (Lipinski definition) is 0. The van der Waals surface area contributed by atoms with E-state index in [1.54, 1.807) is 60.7 Å². The summed E-state index contributed by atoms with van der Waals surface area (Å²) in [6.45, 7) is 0. The summed E-state index contributed by atoms with van der Waals surface area (Å²) in [5.41, 5.74) is 0.0727. The summed E-state index contributed by atoms with van der Waals surface area (Å²) in [5.74, 6) is 0. The van der Waals surface area contributed by atoms with Crippen molar-refractivity contribution >= 4 is 94.4 Å². The normalized spacial score (nSPS) is 17.4. The van der Waals surface area contributed by atoms with E-state index in [-0.39, 0.29) is 66.0 Å². The van der Waals surface area contributed by atoms with E-state index in [0.29, 0.717) is 16.2 Å². The molecule has 0 aliphatic heterocycles. The molecular formula is C54H36N2OSi. The number of fused-ring (bicyclic) bond motifs is 10. The Kier molecular flexibility index (Phi) is 3.94.